The van der Waals surface area contributed by atoms with Crippen LogP contribution in [0.25, 0.3) is 0 Å². The zero-order valence-corrected chi connectivity index (χ0v) is 12.0. The number of carbonyl (C=O) groups excluding carboxylic acids is 1. The molecule has 0 radical (unpaired) electrons. The normalized spacial score (nSPS) is 11.2. The quantitative estimate of drug-likeness (QED) is 0.804. The van der Waals surface area contributed by atoms with E-state index in [2.05, 4.69) is 9.97 Å². The van der Waals surface area contributed by atoms with Gasteiger partial charge in [0.05, 0.1) is 5.56 Å². The molecule has 4 heteroatoms. The van der Waals surface area contributed by atoms with E-state index in [0.29, 0.717) is 12.0 Å². The van der Waals surface area contributed by atoms with Gasteiger partial charge in [-0.2, -0.15) is 0 Å². The van der Waals surface area contributed by atoms with E-state index in [0.717, 1.165) is 11.3 Å². The van der Waals surface area contributed by atoms with Crippen LogP contribution in [0.5, 0.6) is 0 Å². The maximum Gasteiger partial charge on any atom is 0.338 e. The zero-order chi connectivity index (χ0) is 14.6. The molecule has 0 amide bonds. The van der Waals surface area contributed by atoms with Crippen molar-refractivity contribution in [1.29, 1.82) is 0 Å². The van der Waals surface area contributed by atoms with Crippen LogP contribution in [0.1, 0.15) is 42.4 Å². The molecule has 0 aliphatic rings. The van der Waals surface area contributed by atoms with Gasteiger partial charge in [0.25, 0.3) is 0 Å². The van der Waals surface area contributed by atoms with Crippen LogP contribution in [0.2, 0.25) is 0 Å². The molecule has 0 spiro atoms. The first-order valence-corrected chi connectivity index (χ1v) is 6.51. The second-order valence-electron chi connectivity index (χ2n) is 5.58. The Kier molecular flexibility index (Phi) is 4.13. The first kappa shape index (κ1) is 14.2. The number of esters is 1. The fourth-order valence-electron chi connectivity index (χ4n) is 1.75. The SMILES string of the molecule is CC(C)(C)OC(=O)c1ccnc(Cc2cccnc2)c1. The standard InChI is InChI=1S/C16H18N2O2/c1-16(2,3)20-15(19)13-6-8-18-14(10-13)9-12-5-4-7-17-11-12/h4-8,10-11H,9H2,1-3H3. The number of carbonyl (C=O) groups is 1. The lowest BCUT2D eigenvalue weighted by molar-refractivity contribution is 0.00692. The van der Waals surface area contributed by atoms with E-state index in [1.165, 1.54) is 0 Å². The van der Waals surface area contributed by atoms with Crippen molar-refractivity contribution >= 4 is 5.97 Å². The van der Waals surface area contributed by atoms with E-state index >= 15 is 0 Å². The van der Waals surface area contributed by atoms with Crippen molar-refractivity contribution in [2.45, 2.75) is 32.8 Å². The van der Waals surface area contributed by atoms with Crippen LogP contribution in [0.15, 0.2) is 42.9 Å². The molecule has 0 bridgehead atoms. The summed E-state index contributed by atoms with van der Waals surface area (Å²) in [5, 5.41) is 0. The summed E-state index contributed by atoms with van der Waals surface area (Å²) in [6.07, 6.45) is 5.80. The van der Waals surface area contributed by atoms with Crippen LogP contribution in [0, 0.1) is 0 Å². The minimum atomic E-state index is -0.496. The summed E-state index contributed by atoms with van der Waals surface area (Å²) in [4.78, 5) is 20.3. The summed E-state index contributed by atoms with van der Waals surface area (Å²) >= 11 is 0. The van der Waals surface area contributed by atoms with Crippen LogP contribution in [0.4, 0.5) is 0 Å². The molecule has 2 aromatic heterocycles. The van der Waals surface area contributed by atoms with Gasteiger partial charge in [-0.3, -0.25) is 9.97 Å². The fraction of sp³-hybridized carbons (Fsp3) is 0.312. The average Bonchev–Trinajstić information content (AvgIpc) is 2.38. The van der Waals surface area contributed by atoms with Gasteiger partial charge >= 0.3 is 5.97 Å². The molecule has 0 N–H and O–H groups in total. The van der Waals surface area contributed by atoms with Crippen LogP contribution in [-0.4, -0.2) is 21.5 Å². The molecule has 0 unspecified atom stereocenters. The number of pyridine rings is 2. The Morgan fingerprint density at radius 3 is 2.70 bits per heavy atom. The van der Waals surface area contributed by atoms with Crippen molar-refractivity contribution in [3.8, 4) is 0 Å². The van der Waals surface area contributed by atoms with Gasteiger partial charge in [-0.15, -0.1) is 0 Å². The van der Waals surface area contributed by atoms with Crippen molar-refractivity contribution in [3.05, 3.63) is 59.7 Å². The largest absolute Gasteiger partial charge is 0.456 e. The number of rotatable bonds is 3. The lowest BCUT2D eigenvalue weighted by atomic mass is 10.1. The summed E-state index contributed by atoms with van der Waals surface area (Å²) in [5.41, 5.74) is 1.90. The predicted octanol–water partition coefficient (Wildman–Crippen LogP) is 3.02. The number of hydrogen-bond acceptors (Lipinski definition) is 4. The maximum absolute atomic E-state index is 12.0. The smallest absolute Gasteiger partial charge is 0.338 e. The molecule has 0 atom stereocenters. The topological polar surface area (TPSA) is 52.1 Å². The lowest BCUT2D eigenvalue weighted by Crippen LogP contribution is -2.24. The molecular formula is C16H18N2O2. The van der Waals surface area contributed by atoms with Gasteiger partial charge < -0.3 is 4.74 Å². The lowest BCUT2D eigenvalue weighted by Gasteiger charge is -2.19. The molecule has 104 valence electrons. The third kappa shape index (κ3) is 4.16. The fourth-order valence-corrected chi connectivity index (χ4v) is 1.75. The molecule has 2 rings (SSSR count). The Labute approximate surface area is 118 Å². The highest BCUT2D eigenvalue weighted by atomic mass is 16.6. The second-order valence-corrected chi connectivity index (χ2v) is 5.58. The summed E-state index contributed by atoms with van der Waals surface area (Å²) in [5.74, 6) is -0.327. The van der Waals surface area contributed by atoms with Gasteiger partial charge in [0.15, 0.2) is 0 Å². The van der Waals surface area contributed by atoms with Crippen LogP contribution in [0.3, 0.4) is 0 Å². The Morgan fingerprint density at radius 2 is 2.05 bits per heavy atom. The first-order valence-electron chi connectivity index (χ1n) is 6.51. The van der Waals surface area contributed by atoms with E-state index in [-0.39, 0.29) is 5.97 Å². The molecule has 20 heavy (non-hydrogen) atoms. The number of nitrogens with zero attached hydrogens (tertiary/aromatic N) is 2. The van der Waals surface area contributed by atoms with Gasteiger partial charge in [-0.1, -0.05) is 6.07 Å². The van der Waals surface area contributed by atoms with E-state index < -0.39 is 5.60 Å². The highest BCUT2D eigenvalue weighted by Gasteiger charge is 2.18. The van der Waals surface area contributed by atoms with Crippen molar-refractivity contribution in [3.63, 3.8) is 0 Å². The van der Waals surface area contributed by atoms with E-state index in [1.807, 2.05) is 32.9 Å². The van der Waals surface area contributed by atoms with E-state index in [9.17, 15) is 4.79 Å². The molecule has 0 fully saturated rings. The van der Waals surface area contributed by atoms with Crippen LogP contribution in [-0.2, 0) is 11.2 Å². The minimum Gasteiger partial charge on any atom is -0.456 e. The highest BCUT2D eigenvalue weighted by molar-refractivity contribution is 5.89. The predicted molar refractivity (Wildman–Crippen MR) is 76.4 cm³/mol. The highest BCUT2D eigenvalue weighted by Crippen LogP contribution is 2.13. The van der Waals surface area contributed by atoms with E-state index in [1.54, 1.807) is 30.7 Å². The van der Waals surface area contributed by atoms with Crippen molar-refractivity contribution in [1.82, 2.24) is 9.97 Å². The van der Waals surface area contributed by atoms with Crippen molar-refractivity contribution in [2.24, 2.45) is 0 Å². The molecule has 0 aliphatic carbocycles. The Bertz CT molecular complexity index is 589. The average molecular weight is 270 g/mol. The van der Waals surface area contributed by atoms with Gasteiger partial charge in [0, 0.05) is 30.7 Å². The molecular weight excluding hydrogens is 252 g/mol. The summed E-state index contributed by atoms with van der Waals surface area (Å²) in [6.45, 7) is 5.55. The molecule has 0 aliphatic heterocycles. The first-order chi connectivity index (χ1) is 9.44. The molecule has 0 saturated carbocycles. The van der Waals surface area contributed by atoms with Gasteiger partial charge in [-0.25, -0.2) is 4.79 Å². The second kappa shape index (κ2) is 5.82. The molecule has 0 aromatic carbocycles. The Balaban J connectivity index is 2.14. The molecule has 2 aromatic rings. The summed E-state index contributed by atoms with van der Waals surface area (Å²) in [7, 11) is 0. The van der Waals surface area contributed by atoms with Gasteiger partial charge in [0.2, 0.25) is 0 Å². The Morgan fingerprint density at radius 1 is 1.25 bits per heavy atom. The summed E-state index contributed by atoms with van der Waals surface area (Å²) < 4.78 is 5.35. The molecule has 0 saturated heterocycles. The minimum absolute atomic E-state index is 0.327. The number of aromatic nitrogens is 2. The number of ether oxygens (including phenoxy) is 1. The van der Waals surface area contributed by atoms with E-state index in [4.69, 9.17) is 4.74 Å². The Hall–Kier alpha value is -2.23. The third-order valence-electron chi connectivity index (χ3n) is 2.56. The molecule has 4 nitrogen and oxygen atoms in total. The van der Waals surface area contributed by atoms with Gasteiger partial charge in [-0.05, 0) is 44.5 Å². The van der Waals surface area contributed by atoms with Crippen LogP contribution >= 0.6 is 0 Å². The summed E-state index contributed by atoms with van der Waals surface area (Å²) in [6, 6.07) is 7.30. The monoisotopic (exact) mass is 270 g/mol. The zero-order valence-electron chi connectivity index (χ0n) is 12.0. The van der Waals surface area contributed by atoms with Gasteiger partial charge in [0.1, 0.15) is 5.60 Å². The van der Waals surface area contributed by atoms with Crippen LogP contribution < -0.4 is 0 Å². The number of hydrogen-bond donors (Lipinski definition) is 0. The third-order valence-corrected chi connectivity index (χ3v) is 2.56. The molecule has 2 heterocycles. The van der Waals surface area contributed by atoms with Crippen molar-refractivity contribution in [2.75, 3.05) is 0 Å². The van der Waals surface area contributed by atoms with Crippen molar-refractivity contribution < 1.29 is 9.53 Å². The maximum atomic E-state index is 12.0.